The summed E-state index contributed by atoms with van der Waals surface area (Å²) in [5.74, 6) is 0.681. The van der Waals surface area contributed by atoms with Crippen molar-refractivity contribution in [2.75, 3.05) is 32.0 Å². The number of sulfonamides is 1. The van der Waals surface area contributed by atoms with Crippen molar-refractivity contribution in [2.24, 2.45) is 5.92 Å². The summed E-state index contributed by atoms with van der Waals surface area (Å²) in [5.41, 5.74) is 0. The fourth-order valence-corrected chi connectivity index (χ4v) is 3.14. The number of ether oxygens (including phenoxy) is 1. The summed E-state index contributed by atoms with van der Waals surface area (Å²) in [6.45, 7) is 2.63. The topological polar surface area (TPSA) is 67.4 Å². The molecular weight excluding hydrogens is 216 g/mol. The quantitative estimate of drug-likeness (QED) is 0.660. The van der Waals surface area contributed by atoms with Crippen molar-refractivity contribution in [3.05, 3.63) is 0 Å². The Balaban J connectivity index is 1.70. The van der Waals surface area contributed by atoms with E-state index in [1.165, 1.54) is 0 Å². The van der Waals surface area contributed by atoms with Crippen LogP contribution in [0.3, 0.4) is 0 Å². The lowest BCUT2D eigenvalue weighted by Gasteiger charge is -2.23. The van der Waals surface area contributed by atoms with Gasteiger partial charge in [-0.3, -0.25) is 0 Å². The summed E-state index contributed by atoms with van der Waals surface area (Å²) >= 11 is 0. The van der Waals surface area contributed by atoms with Crippen LogP contribution in [0, 0.1) is 5.92 Å². The first kappa shape index (κ1) is 11.3. The molecule has 2 aliphatic rings. The maximum atomic E-state index is 11.5. The molecule has 1 saturated heterocycles. The van der Waals surface area contributed by atoms with E-state index in [1.54, 1.807) is 0 Å². The first-order valence-electron chi connectivity index (χ1n) is 5.45. The third-order valence-corrected chi connectivity index (χ3v) is 4.20. The molecule has 0 radical (unpaired) electrons. The number of rotatable bonds is 5. The maximum absolute atomic E-state index is 11.5. The van der Waals surface area contributed by atoms with Crippen molar-refractivity contribution in [1.82, 2.24) is 10.0 Å². The lowest BCUT2D eigenvalue weighted by atomic mass is 10.3. The molecule has 5 nitrogen and oxygen atoms in total. The normalized spacial score (nSPS) is 27.9. The van der Waals surface area contributed by atoms with Crippen molar-refractivity contribution in [3.63, 3.8) is 0 Å². The SMILES string of the molecule is O=S(=O)(CC1CC1)NCC1CNCCO1. The van der Waals surface area contributed by atoms with Gasteiger partial charge in [-0.2, -0.15) is 0 Å². The Hall–Kier alpha value is -0.170. The van der Waals surface area contributed by atoms with Crippen LogP contribution in [-0.2, 0) is 14.8 Å². The summed E-state index contributed by atoms with van der Waals surface area (Å²) in [6, 6.07) is 0. The fourth-order valence-electron chi connectivity index (χ4n) is 1.62. The van der Waals surface area contributed by atoms with Crippen LogP contribution in [0.15, 0.2) is 0 Å². The van der Waals surface area contributed by atoms with Crippen LogP contribution in [0.2, 0.25) is 0 Å². The van der Waals surface area contributed by atoms with Gasteiger partial charge in [0, 0.05) is 19.6 Å². The zero-order chi connectivity index (χ0) is 10.7. The highest BCUT2D eigenvalue weighted by molar-refractivity contribution is 7.89. The Kier molecular flexibility index (Phi) is 3.60. The number of morpholine rings is 1. The highest BCUT2D eigenvalue weighted by Gasteiger charge is 2.28. The van der Waals surface area contributed by atoms with Crippen molar-refractivity contribution in [2.45, 2.75) is 18.9 Å². The lowest BCUT2D eigenvalue weighted by Crippen LogP contribution is -2.45. The van der Waals surface area contributed by atoms with Crippen LogP contribution >= 0.6 is 0 Å². The van der Waals surface area contributed by atoms with Crippen LogP contribution in [0.4, 0.5) is 0 Å². The van der Waals surface area contributed by atoms with E-state index in [0.29, 0.717) is 19.1 Å². The minimum absolute atomic E-state index is 0.0206. The van der Waals surface area contributed by atoms with Crippen LogP contribution in [-0.4, -0.2) is 46.5 Å². The molecule has 1 aliphatic heterocycles. The molecule has 0 amide bonds. The second-order valence-electron chi connectivity index (χ2n) is 4.27. The fraction of sp³-hybridized carbons (Fsp3) is 1.00. The van der Waals surface area contributed by atoms with Gasteiger partial charge < -0.3 is 10.1 Å². The monoisotopic (exact) mass is 234 g/mol. The second-order valence-corrected chi connectivity index (χ2v) is 6.12. The summed E-state index contributed by atoms with van der Waals surface area (Å²) in [7, 11) is -3.08. The van der Waals surface area contributed by atoms with E-state index >= 15 is 0 Å². The number of hydrogen-bond acceptors (Lipinski definition) is 4. The van der Waals surface area contributed by atoms with Gasteiger partial charge in [-0.15, -0.1) is 0 Å². The third kappa shape index (κ3) is 4.06. The van der Waals surface area contributed by atoms with E-state index in [-0.39, 0.29) is 11.9 Å². The van der Waals surface area contributed by atoms with Gasteiger partial charge in [0.15, 0.2) is 0 Å². The molecule has 1 unspecified atom stereocenters. The third-order valence-electron chi connectivity index (χ3n) is 2.69. The van der Waals surface area contributed by atoms with Gasteiger partial charge in [0.1, 0.15) is 0 Å². The van der Waals surface area contributed by atoms with E-state index in [0.717, 1.165) is 25.9 Å². The van der Waals surface area contributed by atoms with Crippen LogP contribution in [0.25, 0.3) is 0 Å². The molecule has 0 aromatic carbocycles. The van der Waals surface area contributed by atoms with E-state index in [1.807, 2.05) is 0 Å². The minimum Gasteiger partial charge on any atom is -0.374 e. The van der Waals surface area contributed by atoms with E-state index in [4.69, 9.17) is 4.74 Å². The molecule has 1 aliphatic carbocycles. The molecule has 1 atom stereocenters. The van der Waals surface area contributed by atoms with Gasteiger partial charge in [-0.25, -0.2) is 13.1 Å². The van der Waals surface area contributed by atoms with Gasteiger partial charge in [0.2, 0.25) is 10.0 Å². The molecule has 2 fully saturated rings. The molecular formula is C9H18N2O3S. The average Bonchev–Trinajstić information content (AvgIpc) is 3.00. The predicted molar refractivity (Wildman–Crippen MR) is 57.1 cm³/mol. The van der Waals surface area contributed by atoms with Crippen LogP contribution in [0.1, 0.15) is 12.8 Å². The molecule has 1 heterocycles. The standard InChI is InChI=1S/C9H18N2O3S/c12-15(13,7-8-1-2-8)11-6-9-5-10-3-4-14-9/h8-11H,1-7H2. The highest BCUT2D eigenvalue weighted by atomic mass is 32.2. The Morgan fingerprint density at radius 2 is 2.20 bits per heavy atom. The van der Waals surface area contributed by atoms with Crippen molar-refractivity contribution < 1.29 is 13.2 Å². The van der Waals surface area contributed by atoms with Gasteiger partial charge in [-0.05, 0) is 18.8 Å². The molecule has 0 bridgehead atoms. The first-order chi connectivity index (χ1) is 7.16. The zero-order valence-corrected chi connectivity index (χ0v) is 9.55. The largest absolute Gasteiger partial charge is 0.374 e. The predicted octanol–water partition coefficient (Wildman–Crippen LogP) is -0.696. The average molecular weight is 234 g/mol. The van der Waals surface area contributed by atoms with Crippen molar-refractivity contribution >= 4 is 10.0 Å². The summed E-state index contributed by atoms with van der Waals surface area (Å²) in [5, 5.41) is 3.16. The summed E-state index contributed by atoms with van der Waals surface area (Å²) < 4.78 is 31.1. The number of hydrogen-bond donors (Lipinski definition) is 2. The molecule has 2 rings (SSSR count). The number of nitrogens with one attached hydrogen (secondary N) is 2. The molecule has 6 heteroatoms. The molecule has 88 valence electrons. The molecule has 0 aromatic rings. The Bertz CT molecular complexity index is 294. The van der Waals surface area contributed by atoms with Gasteiger partial charge in [0.05, 0.1) is 18.5 Å². The summed E-state index contributed by atoms with van der Waals surface area (Å²) in [4.78, 5) is 0. The lowest BCUT2D eigenvalue weighted by molar-refractivity contribution is 0.0324. The smallest absolute Gasteiger partial charge is 0.211 e. The van der Waals surface area contributed by atoms with Crippen LogP contribution in [0.5, 0.6) is 0 Å². The Morgan fingerprint density at radius 3 is 2.80 bits per heavy atom. The van der Waals surface area contributed by atoms with Gasteiger partial charge in [-0.1, -0.05) is 0 Å². The van der Waals surface area contributed by atoms with E-state index in [2.05, 4.69) is 10.0 Å². The minimum atomic E-state index is -3.08. The molecule has 15 heavy (non-hydrogen) atoms. The highest BCUT2D eigenvalue weighted by Crippen LogP contribution is 2.29. The van der Waals surface area contributed by atoms with Gasteiger partial charge >= 0.3 is 0 Å². The molecule has 2 N–H and O–H groups in total. The van der Waals surface area contributed by atoms with Crippen molar-refractivity contribution in [1.29, 1.82) is 0 Å². The zero-order valence-electron chi connectivity index (χ0n) is 8.74. The molecule has 1 saturated carbocycles. The Morgan fingerprint density at radius 1 is 1.40 bits per heavy atom. The van der Waals surface area contributed by atoms with Crippen molar-refractivity contribution in [3.8, 4) is 0 Å². The van der Waals surface area contributed by atoms with Gasteiger partial charge in [0.25, 0.3) is 0 Å². The van der Waals surface area contributed by atoms with E-state index < -0.39 is 10.0 Å². The second kappa shape index (κ2) is 4.78. The van der Waals surface area contributed by atoms with E-state index in [9.17, 15) is 8.42 Å². The van der Waals surface area contributed by atoms with Crippen LogP contribution < -0.4 is 10.0 Å². The Labute approximate surface area is 90.6 Å². The maximum Gasteiger partial charge on any atom is 0.211 e. The summed E-state index contributed by atoms with van der Waals surface area (Å²) in [6.07, 6.45) is 2.10. The first-order valence-corrected chi connectivity index (χ1v) is 7.10. The molecule has 0 aromatic heterocycles. The molecule has 0 spiro atoms.